The maximum Gasteiger partial charge on any atom is 0.252 e. The first kappa shape index (κ1) is 16.0. The number of nitrogens with one attached hydrogen (secondary N) is 2. The Hall–Kier alpha value is -1.36. The Kier molecular flexibility index (Phi) is 5.04. The lowest BCUT2D eigenvalue weighted by atomic mass is 9.92. The van der Waals surface area contributed by atoms with Gasteiger partial charge >= 0.3 is 0 Å². The van der Waals surface area contributed by atoms with Crippen LogP contribution in [0.3, 0.4) is 0 Å². The van der Waals surface area contributed by atoms with Crippen molar-refractivity contribution in [3.8, 4) is 0 Å². The molecule has 1 fully saturated rings. The van der Waals surface area contributed by atoms with Gasteiger partial charge < -0.3 is 10.6 Å². The van der Waals surface area contributed by atoms with Crippen LogP contribution < -0.4 is 10.6 Å². The fourth-order valence-electron chi connectivity index (χ4n) is 2.74. The summed E-state index contributed by atoms with van der Waals surface area (Å²) in [5.41, 5.74) is 0.836. The highest BCUT2D eigenvalue weighted by Crippen LogP contribution is 2.36. The molecule has 0 aromatic heterocycles. The number of hydrogen-bond donors (Lipinski definition) is 2. The second kappa shape index (κ2) is 6.60. The zero-order chi connectivity index (χ0) is 15.5. The normalized spacial score (nSPS) is 20.0. The molecule has 0 bridgehead atoms. The van der Waals surface area contributed by atoms with E-state index in [1.807, 2.05) is 6.07 Å². The van der Waals surface area contributed by atoms with Crippen molar-refractivity contribution in [2.45, 2.75) is 39.2 Å². The molecule has 0 aliphatic heterocycles. The van der Waals surface area contributed by atoms with Gasteiger partial charge in [-0.2, -0.15) is 0 Å². The molecule has 5 heteroatoms. The van der Waals surface area contributed by atoms with Crippen LogP contribution in [-0.2, 0) is 4.79 Å². The zero-order valence-corrected chi connectivity index (χ0v) is 14.0. The van der Waals surface area contributed by atoms with Gasteiger partial charge in [-0.05, 0) is 52.7 Å². The fourth-order valence-corrected chi connectivity index (χ4v) is 3.20. The molecule has 1 atom stereocenters. The first-order chi connectivity index (χ1) is 9.87. The average molecular weight is 353 g/mol. The van der Waals surface area contributed by atoms with Crippen molar-refractivity contribution in [1.29, 1.82) is 0 Å². The van der Waals surface area contributed by atoms with Crippen LogP contribution >= 0.6 is 15.9 Å². The van der Waals surface area contributed by atoms with Gasteiger partial charge in [-0.1, -0.05) is 26.0 Å². The summed E-state index contributed by atoms with van der Waals surface area (Å²) in [6, 6.07) is 7.38. The second-order valence-corrected chi connectivity index (χ2v) is 7.19. The Bertz CT molecular complexity index is 543. The van der Waals surface area contributed by atoms with Crippen LogP contribution in [0.5, 0.6) is 0 Å². The van der Waals surface area contributed by atoms with Crippen molar-refractivity contribution in [1.82, 2.24) is 10.6 Å². The van der Waals surface area contributed by atoms with Crippen molar-refractivity contribution in [3.63, 3.8) is 0 Å². The molecule has 1 saturated carbocycles. The summed E-state index contributed by atoms with van der Waals surface area (Å²) >= 11 is 3.33. The molecule has 114 valence electrons. The van der Waals surface area contributed by atoms with E-state index < -0.39 is 0 Å². The predicted molar refractivity (Wildman–Crippen MR) is 86.0 cm³/mol. The monoisotopic (exact) mass is 352 g/mol. The summed E-state index contributed by atoms with van der Waals surface area (Å²) in [6.45, 7) is 4.44. The van der Waals surface area contributed by atoms with E-state index in [9.17, 15) is 9.59 Å². The standard InChI is InChI=1S/C16H21BrN2O2/c1-16(2)8-7-11(9-16)19-14(20)10-18-15(21)12-5-3-4-6-13(12)17/h3-6,11H,7-10H2,1-2H3,(H,18,21)(H,19,20). The van der Waals surface area contributed by atoms with E-state index in [1.165, 1.54) is 0 Å². The van der Waals surface area contributed by atoms with Gasteiger partial charge in [0.05, 0.1) is 12.1 Å². The van der Waals surface area contributed by atoms with Crippen molar-refractivity contribution in [2.24, 2.45) is 5.41 Å². The third kappa shape index (κ3) is 4.56. The van der Waals surface area contributed by atoms with Crippen molar-refractivity contribution in [2.75, 3.05) is 6.54 Å². The van der Waals surface area contributed by atoms with Crippen LogP contribution in [0.1, 0.15) is 43.5 Å². The minimum Gasteiger partial charge on any atom is -0.352 e. The molecule has 2 rings (SSSR count). The van der Waals surface area contributed by atoms with E-state index in [-0.39, 0.29) is 24.4 Å². The zero-order valence-electron chi connectivity index (χ0n) is 12.4. The Morgan fingerprint density at radius 3 is 2.67 bits per heavy atom. The minimum atomic E-state index is -0.246. The molecule has 0 radical (unpaired) electrons. The first-order valence-corrected chi connectivity index (χ1v) is 7.99. The molecule has 2 N–H and O–H groups in total. The molecule has 1 aliphatic rings. The number of halogens is 1. The molecule has 0 spiro atoms. The van der Waals surface area contributed by atoms with Gasteiger partial charge in [0.1, 0.15) is 0 Å². The lowest BCUT2D eigenvalue weighted by Gasteiger charge is -2.18. The van der Waals surface area contributed by atoms with Gasteiger partial charge in [0, 0.05) is 10.5 Å². The Balaban J connectivity index is 1.79. The van der Waals surface area contributed by atoms with Gasteiger partial charge in [0.15, 0.2) is 0 Å². The highest BCUT2D eigenvalue weighted by atomic mass is 79.9. The third-order valence-electron chi connectivity index (χ3n) is 3.86. The van der Waals surface area contributed by atoms with Gasteiger partial charge in [0.25, 0.3) is 5.91 Å². The highest BCUT2D eigenvalue weighted by Gasteiger charge is 2.31. The fraction of sp³-hybridized carbons (Fsp3) is 0.500. The minimum absolute atomic E-state index is 0.0110. The molecule has 4 nitrogen and oxygen atoms in total. The van der Waals surface area contributed by atoms with Crippen LogP contribution in [-0.4, -0.2) is 24.4 Å². The van der Waals surface area contributed by atoms with Gasteiger partial charge in [-0.25, -0.2) is 0 Å². The molecule has 21 heavy (non-hydrogen) atoms. The summed E-state index contributed by atoms with van der Waals surface area (Å²) < 4.78 is 0.723. The molecule has 1 aliphatic carbocycles. The average Bonchev–Trinajstić information content (AvgIpc) is 2.75. The summed E-state index contributed by atoms with van der Waals surface area (Å²) in [5, 5.41) is 5.64. The van der Waals surface area contributed by atoms with Crippen molar-refractivity contribution in [3.05, 3.63) is 34.3 Å². The highest BCUT2D eigenvalue weighted by molar-refractivity contribution is 9.10. The molecular weight excluding hydrogens is 332 g/mol. The lowest BCUT2D eigenvalue weighted by Crippen LogP contribution is -2.41. The van der Waals surface area contributed by atoms with Crippen LogP contribution in [0.25, 0.3) is 0 Å². The summed E-state index contributed by atoms with van der Waals surface area (Å²) in [7, 11) is 0. The quantitative estimate of drug-likeness (QED) is 0.875. The number of rotatable bonds is 4. The number of hydrogen-bond acceptors (Lipinski definition) is 2. The van der Waals surface area contributed by atoms with Crippen LogP contribution in [0, 0.1) is 5.41 Å². The van der Waals surface area contributed by atoms with Crippen LogP contribution in [0.2, 0.25) is 0 Å². The number of benzene rings is 1. The van der Waals surface area contributed by atoms with Crippen molar-refractivity contribution >= 4 is 27.7 Å². The smallest absolute Gasteiger partial charge is 0.252 e. The Morgan fingerprint density at radius 1 is 1.33 bits per heavy atom. The van der Waals surface area contributed by atoms with E-state index in [0.29, 0.717) is 11.0 Å². The molecule has 0 saturated heterocycles. The topological polar surface area (TPSA) is 58.2 Å². The molecule has 1 aromatic carbocycles. The third-order valence-corrected chi connectivity index (χ3v) is 4.55. The molecule has 1 unspecified atom stereocenters. The summed E-state index contributed by atoms with van der Waals surface area (Å²) in [5.74, 6) is -0.373. The van der Waals surface area contributed by atoms with Crippen LogP contribution in [0.4, 0.5) is 0 Å². The van der Waals surface area contributed by atoms with E-state index in [4.69, 9.17) is 0 Å². The first-order valence-electron chi connectivity index (χ1n) is 7.19. The van der Waals surface area contributed by atoms with Crippen molar-refractivity contribution < 1.29 is 9.59 Å². The van der Waals surface area contributed by atoms with E-state index >= 15 is 0 Å². The van der Waals surface area contributed by atoms with Gasteiger partial charge in [0.2, 0.25) is 5.91 Å². The predicted octanol–water partition coefficient (Wildman–Crippen LogP) is 2.87. The maximum atomic E-state index is 12.0. The van der Waals surface area contributed by atoms with E-state index in [1.54, 1.807) is 18.2 Å². The molecular formula is C16H21BrN2O2. The maximum absolute atomic E-state index is 12.0. The number of carbonyl (C=O) groups is 2. The SMILES string of the molecule is CC1(C)CCC(NC(=O)CNC(=O)c2ccccc2Br)C1. The summed E-state index contributed by atoms with van der Waals surface area (Å²) in [6.07, 6.45) is 3.13. The number of carbonyl (C=O) groups excluding carboxylic acids is 2. The molecule has 1 aromatic rings. The molecule has 0 heterocycles. The number of amides is 2. The van der Waals surface area contributed by atoms with E-state index in [0.717, 1.165) is 23.7 Å². The second-order valence-electron chi connectivity index (χ2n) is 6.33. The van der Waals surface area contributed by atoms with Crippen LogP contribution in [0.15, 0.2) is 28.7 Å². The molecule has 2 amide bonds. The van der Waals surface area contributed by atoms with Gasteiger partial charge in [-0.3, -0.25) is 9.59 Å². The van der Waals surface area contributed by atoms with Gasteiger partial charge in [-0.15, -0.1) is 0 Å². The largest absolute Gasteiger partial charge is 0.352 e. The Labute approximate surface area is 133 Å². The lowest BCUT2D eigenvalue weighted by molar-refractivity contribution is -0.120. The summed E-state index contributed by atoms with van der Waals surface area (Å²) in [4.78, 5) is 23.9. The Morgan fingerprint density at radius 2 is 2.05 bits per heavy atom. The van der Waals surface area contributed by atoms with E-state index in [2.05, 4.69) is 40.4 Å².